The van der Waals surface area contributed by atoms with E-state index in [0.29, 0.717) is 0 Å². The predicted octanol–water partition coefficient (Wildman–Crippen LogP) is 3.72. The van der Waals surface area contributed by atoms with Crippen molar-refractivity contribution in [2.45, 2.75) is 31.8 Å². The summed E-state index contributed by atoms with van der Waals surface area (Å²) in [6.45, 7) is 1.67. The lowest BCUT2D eigenvalue weighted by Crippen LogP contribution is -2.28. The molecule has 0 amide bonds. The van der Waals surface area contributed by atoms with Gasteiger partial charge in [-0.25, -0.2) is 13.2 Å². The molecule has 2 aromatic rings. The monoisotopic (exact) mass is 321 g/mol. The highest BCUT2D eigenvalue weighted by atomic mass is 19.2. The summed E-state index contributed by atoms with van der Waals surface area (Å²) >= 11 is 0. The first-order valence-corrected chi connectivity index (χ1v) is 7.60. The van der Waals surface area contributed by atoms with Gasteiger partial charge in [0.15, 0.2) is 17.5 Å². The van der Waals surface area contributed by atoms with Crippen molar-refractivity contribution in [1.29, 1.82) is 0 Å². The fraction of sp³-hybridized carbons (Fsp3) is 0.333. The van der Waals surface area contributed by atoms with Gasteiger partial charge in [0.2, 0.25) is 0 Å². The second-order valence-electron chi connectivity index (χ2n) is 5.99. The molecule has 0 saturated heterocycles. The molecule has 5 heteroatoms. The number of aliphatic hydroxyl groups is 1. The van der Waals surface area contributed by atoms with Gasteiger partial charge in [0.1, 0.15) is 0 Å². The number of rotatable bonds is 4. The fourth-order valence-corrected chi connectivity index (χ4v) is 3.17. The fourth-order valence-electron chi connectivity index (χ4n) is 3.17. The summed E-state index contributed by atoms with van der Waals surface area (Å²) in [6.07, 6.45) is 1.76. The van der Waals surface area contributed by atoms with E-state index in [2.05, 4.69) is 23.5 Å². The van der Waals surface area contributed by atoms with Crippen LogP contribution < -0.4 is 5.32 Å². The van der Waals surface area contributed by atoms with Gasteiger partial charge in [-0.3, -0.25) is 0 Å². The van der Waals surface area contributed by atoms with Gasteiger partial charge in [-0.1, -0.05) is 23.8 Å². The van der Waals surface area contributed by atoms with Crippen molar-refractivity contribution in [2.75, 3.05) is 6.61 Å². The van der Waals surface area contributed by atoms with E-state index in [1.807, 2.05) is 6.92 Å². The third-order valence-electron chi connectivity index (χ3n) is 4.37. The van der Waals surface area contributed by atoms with E-state index in [1.54, 1.807) is 0 Å². The Morgan fingerprint density at radius 1 is 1.17 bits per heavy atom. The zero-order chi connectivity index (χ0) is 16.6. The molecule has 1 aliphatic carbocycles. The lowest BCUT2D eigenvalue weighted by atomic mass is 10.0. The largest absolute Gasteiger partial charge is 0.394 e. The summed E-state index contributed by atoms with van der Waals surface area (Å²) in [6, 6.07) is 7.42. The molecule has 2 unspecified atom stereocenters. The molecule has 0 fully saturated rings. The third-order valence-corrected chi connectivity index (χ3v) is 4.37. The molecule has 2 atom stereocenters. The lowest BCUT2D eigenvalue weighted by Gasteiger charge is -2.23. The Labute approximate surface area is 133 Å². The summed E-state index contributed by atoms with van der Waals surface area (Å²) in [7, 11) is 0. The molecule has 0 heterocycles. The van der Waals surface area contributed by atoms with Gasteiger partial charge in [-0.05, 0) is 48.6 Å². The van der Waals surface area contributed by atoms with Crippen LogP contribution >= 0.6 is 0 Å². The van der Waals surface area contributed by atoms with Crippen molar-refractivity contribution in [1.82, 2.24) is 5.32 Å². The van der Waals surface area contributed by atoms with Crippen molar-refractivity contribution >= 4 is 0 Å². The third kappa shape index (κ3) is 3.12. The number of fused-ring (bicyclic) bond motifs is 1. The highest BCUT2D eigenvalue weighted by Gasteiger charge is 2.26. The predicted molar refractivity (Wildman–Crippen MR) is 81.5 cm³/mol. The van der Waals surface area contributed by atoms with Crippen LogP contribution in [0.15, 0.2) is 30.3 Å². The highest BCUT2D eigenvalue weighted by Crippen LogP contribution is 2.34. The SMILES string of the molecule is Cc1ccc2c(c1)C(NC(CO)c1cc(F)c(F)c(F)c1)CC2. The molecule has 2 N–H and O–H groups in total. The Morgan fingerprint density at radius 3 is 2.52 bits per heavy atom. The molecule has 23 heavy (non-hydrogen) atoms. The van der Waals surface area contributed by atoms with Gasteiger partial charge < -0.3 is 10.4 Å². The zero-order valence-electron chi connectivity index (χ0n) is 12.7. The van der Waals surface area contributed by atoms with Gasteiger partial charge in [0, 0.05) is 6.04 Å². The van der Waals surface area contributed by atoms with Crippen LogP contribution in [0, 0.1) is 24.4 Å². The molecule has 0 aromatic heterocycles. The van der Waals surface area contributed by atoms with Crippen molar-refractivity contribution in [3.8, 4) is 0 Å². The van der Waals surface area contributed by atoms with Crippen LogP contribution in [0.1, 0.15) is 40.8 Å². The summed E-state index contributed by atoms with van der Waals surface area (Å²) in [5.74, 6) is -3.99. The van der Waals surface area contributed by atoms with E-state index >= 15 is 0 Å². The Hall–Kier alpha value is -1.85. The number of hydrogen-bond donors (Lipinski definition) is 2. The van der Waals surface area contributed by atoms with Gasteiger partial charge in [-0.2, -0.15) is 0 Å². The van der Waals surface area contributed by atoms with Crippen LogP contribution in [-0.2, 0) is 6.42 Å². The minimum absolute atomic E-state index is 0.00164. The Bertz CT molecular complexity index is 709. The Morgan fingerprint density at radius 2 is 1.87 bits per heavy atom. The number of hydrogen-bond acceptors (Lipinski definition) is 2. The number of aryl methyl sites for hydroxylation is 2. The lowest BCUT2D eigenvalue weighted by molar-refractivity contribution is 0.232. The second kappa shape index (κ2) is 6.34. The topological polar surface area (TPSA) is 32.3 Å². The molecule has 0 radical (unpaired) electrons. The summed E-state index contributed by atoms with van der Waals surface area (Å²) in [5.41, 5.74) is 3.72. The van der Waals surface area contributed by atoms with Crippen LogP contribution in [-0.4, -0.2) is 11.7 Å². The number of benzene rings is 2. The van der Waals surface area contributed by atoms with Gasteiger partial charge >= 0.3 is 0 Å². The van der Waals surface area contributed by atoms with Gasteiger partial charge in [0.05, 0.1) is 12.6 Å². The molecule has 1 aliphatic rings. The number of halogens is 3. The maximum absolute atomic E-state index is 13.4. The first-order chi connectivity index (χ1) is 11.0. The van der Waals surface area contributed by atoms with Crippen LogP contribution in [0.25, 0.3) is 0 Å². The Balaban J connectivity index is 1.86. The normalized spacial score (nSPS) is 18.0. The smallest absolute Gasteiger partial charge is 0.194 e. The van der Waals surface area contributed by atoms with Crippen LogP contribution in [0.3, 0.4) is 0 Å². The maximum Gasteiger partial charge on any atom is 0.194 e. The minimum atomic E-state index is -1.49. The van der Waals surface area contributed by atoms with Crippen LogP contribution in [0.4, 0.5) is 13.2 Å². The molecule has 0 saturated carbocycles. The Kier molecular flexibility index (Phi) is 4.41. The first-order valence-electron chi connectivity index (χ1n) is 7.60. The van der Waals surface area contributed by atoms with Crippen molar-refractivity contribution in [2.24, 2.45) is 0 Å². The summed E-state index contributed by atoms with van der Waals surface area (Å²) in [5, 5.41) is 12.8. The van der Waals surface area contributed by atoms with Gasteiger partial charge in [-0.15, -0.1) is 0 Å². The molecule has 2 aromatic carbocycles. The molecule has 3 rings (SSSR count). The van der Waals surface area contributed by atoms with E-state index in [1.165, 1.54) is 5.56 Å². The summed E-state index contributed by atoms with van der Waals surface area (Å²) in [4.78, 5) is 0. The molecule has 122 valence electrons. The van der Waals surface area contributed by atoms with Crippen LogP contribution in [0.2, 0.25) is 0 Å². The summed E-state index contributed by atoms with van der Waals surface area (Å²) < 4.78 is 39.9. The average molecular weight is 321 g/mol. The average Bonchev–Trinajstić information content (AvgIpc) is 2.91. The van der Waals surface area contributed by atoms with E-state index in [9.17, 15) is 18.3 Å². The molecular formula is C18H18F3NO. The van der Waals surface area contributed by atoms with Crippen molar-refractivity contribution in [3.05, 3.63) is 70.0 Å². The number of nitrogens with one attached hydrogen (secondary N) is 1. The van der Waals surface area contributed by atoms with E-state index in [0.717, 1.165) is 36.1 Å². The maximum atomic E-state index is 13.4. The first kappa shape index (κ1) is 16.0. The molecule has 0 spiro atoms. The van der Waals surface area contributed by atoms with Crippen LogP contribution in [0.5, 0.6) is 0 Å². The zero-order valence-corrected chi connectivity index (χ0v) is 12.7. The molecule has 0 bridgehead atoms. The van der Waals surface area contributed by atoms with Gasteiger partial charge in [0.25, 0.3) is 0 Å². The van der Waals surface area contributed by atoms with E-state index in [4.69, 9.17) is 0 Å². The highest BCUT2D eigenvalue weighted by molar-refractivity contribution is 5.38. The number of aliphatic hydroxyl groups excluding tert-OH is 1. The quantitative estimate of drug-likeness (QED) is 0.841. The molecule has 0 aliphatic heterocycles. The second-order valence-corrected chi connectivity index (χ2v) is 5.99. The molecular weight excluding hydrogens is 303 g/mol. The van der Waals surface area contributed by atoms with Crippen molar-refractivity contribution < 1.29 is 18.3 Å². The minimum Gasteiger partial charge on any atom is -0.394 e. The van der Waals surface area contributed by atoms with E-state index < -0.39 is 23.5 Å². The van der Waals surface area contributed by atoms with Crippen molar-refractivity contribution in [3.63, 3.8) is 0 Å². The molecule has 2 nitrogen and oxygen atoms in total. The van der Waals surface area contributed by atoms with E-state index in [-0.39, 0.29) is 18.2 Å². The standard InChI is InChI=1S/C18H18F3NO/c1-10-2-3-11-4-5-16(13(11)6-10)22-17(9-23)12-7-14(19)18(21)15(20)8-12/h2-3,6-8,16-17,22-23H,4-5,9H2,1H3.